The Kier molecular flexibility index (Phi) is 43.6. The van der Waals surface area contributed by atoms with Gasteiger partial charge in [-0.1, -0.05) is 231 Å². The van der Waals surface area contributed by atoms with E-state index in [4.69, 9.17) is 14.2 Å². The fraction of sp³-hybridized carbons (Fsp3) is 0.895. The summed E-state index contributed by atoms with van der Waals surface area (Å²) in [5, 5.41) is 56.7. The van der Waals surface area contributed by atoms with Crippen molar-refractivity contribution < 1.29 is 49.3 Å². The maximum atomic E-state index is 13.3. The number of allylic oxidation sites excluding steroid dienone is 3. The molecule has 8 atom stereocenters. The van der Waals surface area contributed by atoms with Crippen molar-refractivity contribution in [1.29, 1.82) is 0 Å². The lowest BCUT2D eigenvalue weighted by atomic mass is 9.99. The summed E-state index contributed by atoms with van der Waals surface area (Å²) in [4.78, 5) is 26.4. The van der Waals surface area contributed by atoms with E-state index >= 15 is 0 Å². The zero-order valence-corrected chi connectivity index (χ0v) is 44.0. The normalized spacial score (nSPS) is 20.0. The Morgan fingerprint density at radius 1 is 0.559 bits per heavy atom. The predicted molar refractivity (Wildman–Crippen MR) is 278 cm³/mol. The average Bonchev–Trinajstić information content (AvgIpc) is 3.33. The van der Waals surface area contributed by atoms with Crippen LogP contribution in [0, 0.1) is 0 Å². The molecule has 1 amide bonds. The van der Waals surface area contributed by atoms with Crippen LogP contribution in [0.5, 0.6) is 0 Å². The standard InChI is InChI=1S/C57H107NO10/c1-4-7-10-13-16-19-22-25-27-30-33-36-39-42-45-52(62)68-55-54(64)53(63)51(46-59)67-57(55)66-47-48(49(60)43-40-37-34-31-29-26-23-20-17-14-11-8-5-2)58-56(65)50(61)44-41-38-35-32-28-24-21-18-15-12-9-6-3/h28,32,40,43,48-51,53-55,57,59-61,63-64H,4-27,29-31,33-39,41-42,44-47H2,1-3H3,(H,58,65)/b32-28-,43-40+. The Bertz CT molecular complexity index is 1200. The third-order valence-corrected chi connectivity index (χ3v) is 13.6. The number of carbonyl (C=O) groups is 2. The minimum absolute atomic E-state index is 0.127. The molecule has 0 aromatic heterocycles. The van der Waals surface area contributed by atoms with Crippen LogP contribution in [-0.2, 0) is 23.8 Å². The molecule has 1 aliphatic rings. The summed E-state index contributed by atoms with van der Waals surface area (Å²) in [6.45, 7) is 5.77. The summed E-state index contributed by atoms with van der Waals surface area (Å²) in [5.74, 6) is -1.20. The van der Waals surface area contributed by atoms with Crippen molar-refractivity contribution in [3.63, 3.8) is 0 Å². The van der Waals surface area contributed by atoms with Crippen LogP contribution in [0.15, 0.2) is 24.3 Å². The summed E-state index contributed by atoms with van der Waals surface area (Å²) in [6, 6.07) is -1.03. The second kappa shape index (κ2) is 46.2. The monoisotopic (exact) mass is 966 g/mol. The summed E-state index contributed by atoms with van der Waals surface area (Å²) in [5.41, 5.74) is 0. The number of carbonyl (C=O) groups excluding carboxylic acids is 2. The first kappa shape index (κ1) is 64.2. The molecule has 0 spiro atoms. The third-order valence-electron chi connectivity index (χ3n) is 13.6. The molecule has 1 fully saturated rings. The van der Waals surface area contributed by atoms with E-state index in [1.807, 2.05) is 6.08 Å². The van der Waals surface area contributed by atoms with Crippen LogP contribution in [0.1, 0.15) is 265 Å². The van der Waals surface area contributed by atoms with E-state index in [1.54, 1.807) is 6.08 Å². The van der Waals surface area contributed by atoms with Gasteiger partial charge < -0.3 is 45.1 Å². The molecule has 1 aliphatic heterocycles. The smallest absolute Gasteiger partial charge is 0.306 e. The number of aliphatic hydroxyl groups excluding tert-OH is 5. The number of unbranched alkanes of at least 4 members (excludes halogenated alkanes) is 32. The third kappa shape index (κ3) is 34.5. The number of hydrogen-bond acceptors (Lipinski definition) is 10. The summed E-state index contributed by atoms with van der Waals surface area (Å²) < 4.78 is 17.6. The van der Waals surface area contributed by atoms with Gasteiger partial charge in [0.25, 0.3) is 0 Å². The molecule has 0 saturated carbocycles. The lowest BCUT2D eigenvalue weighted by Crippen LogP contribution is -2.61. The van der Waals surface area contributed by atoms with Gasteiger partial charge in [-0.25, -0.2) is 0 Å². The first-order valence-corrected chi connectivity index (χ1v) is 28.6. The maximum Gasteiger partial charge on any atom is 0.306 e. The van der Waals surface area contributed by atoms with Gasteiger partial charge in [0.1, 0.15) is 24.4 Å². The molecule has 0 aromatic rings. The van der Waals surface area contributed by atoms with Gasteiger partial charge in [0.05, 0.1) is 25.4 Å². The molecule has 11 heteroatoms. The first-order valence-electron chi connectivity index (χ1n) is 28.6. The van der Waals surface area contributed by atoms with Gasteiger partial charge in [-0.3, -0.25) is 9.59 Å². The number of aliphatic hydroxyl groups is 5. The Labute approximate surface area is 416 Å². The molecule has 8 unspecified atom stereocenters. The zero-order chi connectivity index (χ0) is 49.7. The largest absolute Gasteiger partial charge is 0.454 e. The van der Waals surface area contributed by atoms with Gasteiger partial charge in [-0.2, -0.15) is 0 Å². The maximum absolute atomic E-state index is 13.3. The molecule has 0 bridgehead atoms. The quantitative estimate of drug-likeness (QED) is 0.0196. The van der Waals surface area contributed by atoms with Gasteiger partial charge in [-0.15, -0.1) is 0 Å². The number of ether oxygens (including phenoxy) is 3. The van der Waals surface area contributed by atoms with Gasteiger partial charge in [0, 0.05) is 6.42 Å². The number of hydrogen-bond donors (Lipinski definition) is 6. The summed E-state index contributed by atoms with van der Waals surface area (Å²) in [7, 11) is 0. The average molecular weight is 966 g/mol. The lowest BCUT2D eigenvalue weighted by molar-refractivity contribution is -0.305. The summed E-state index contributed by atoms with van der Waals surface area (Å²) >= 11 is 0. The molecular weight excluding hydrogens is 859 g/mol. The SMILES string of the molecule is CCCCCCCC/C=C\CCCCC(O)C(=O)NC(COC1OC(CO)C(O)C(O)C1OC(=O)CCCCCCCCCCCCCCCC)C(O)/C=C/CCCCCCCCCCCCC. The number of nitrogens with one attached hydrogen (secondary N) is 1. The van der Waals surface area contributed by atoms with E-state index in [2.05, 4.69) is 38.2 Å². The molecule has 1 heterocycles. The van der Waals surface area contributed by atoms with Crippen LogP contribution in [0.2, 0.25) is 0 Å². The fourth-order valence-corrected chi connectivity index (χ4v) is 9.00. The molecule has 0 aromatic carbocycles. The van der Waals surface area contributed by atoms with E-state index in [1.165, 1.54) is 161 Å². The van der Waals surface area contributed by atoms with Crippen LogP contribution >= 0.6 is 0 Å². The molecule has 400 valence electrons. The second-order valence-electron chi connectivity index (χ2n) is 20.0. The van der Waals surface area contributed by atoms with Crippen molar-refractivity contribution in [2.45, 2.75) is 314 Å². The highest BCUT2D eigenvalue weighted by Gasteiger charge is 2.47. The number of esters is 1. The fourth-order valence-electron chi connectivity index (χ4n) is 9.00. The number of amides is 1. The molecule has 1 saturated heterocycles. The number of rotatable bonds is 48. The highest BCUT2D eigenvalue weighted by atomic mass is 16.7. The molecular formula is C57H107NO10. The van der Waals surface area contributed by atoms with E-state index in [9.17, 15) is 35.1 Å². The van der Waals surface area contributed by atoms with Gasteiger partial charge in [0.15, 0.2) is 12.4 Å². The van der Waals surface area contributed by atoms with Crippen molar-refractivity contribution in [2.75, 3.05) is 13.2 Å². The molecule has 11 nitrogen and oxygen atoms in total. The Hall–Kier alpha value is -1.86. The topological polar surface area (TPSA) is 175 Å². The van der Waals surface area contributed by atoms with Crippen LogP contribution < -0.4 is 5.32 Å². The van der Waals surface area contributed by atoms with Crippen molar-refractivity contribution in [3.8, 4) is 0 Å². The summed E-state index contributed by atoms with van der Waals surface area (Å²) in [6.07, 6.45) is 40.8. The minimum atomic E-state index is -1.61. The van der Waals surface area contributed by atoms with E-state index in [-0.39, 0.29) is 19.4 Å². The molecule has 6 N–H and O–H groups in total. The van der Waals surface area contributed by atoms with Crippen LogP contribution in [-0.4, -0.2) is 99.6 Å². The highest BCUT2D eigenvalue weighted by Crippen LogP contribution is 2.26. The Balaban J connectivity index is 2.75. The van der Waals surface area contributed by atoms with E-state index in [0.29, 0.717) is 12.8 Å². The van der Waals surface area contributed by atoms with Crippen LogP contribution in [0.25, 0.3) is 0 Å². The van der Waals surface area contributed by atoms with E-state index in [0.717, 1.165) is 57.8 Å². The Morgan fingerprint density at radius 2 is 0.971 bits per heavy atom. The van der Waals surface area contributed by atoms with E-state index < -0.39 is 67.4 Å². The van der Waals surface area contributed by atoms with Gasteiger partial charge >= 0.3 is 5.97 Å². The molecule has 1 rings (SSSR count). The minimum Gasteiger partial charge on any atom is -0.454 e. The highest BCUT2D eigenvalue weighted by molar-refractivity contribution is 5.80. The first-order chi connectivity index (χ1) is 33.2. The predicted octanol–water partition coefficient (Wildman–Crippen LogP) is 12.6. The second-order valence-corrected chi connectivity index (χ2v) is 20.0. The lowest BCUT2D eigenvalue weighted by Gasteiger charge is -2.41. The molecule has 68 heavy (non-hydrogen) atoms. The van der Waals surface area contributed by atoms with Crippen molar-refractivity contribution in [2.24, 2.45) is 0 Å². The van der Waals surface area contributed by atoms with Gasteiger partial charge in [-0.05, 0) is 51.4 Å². The molecule has 0 radical (unpaired) electrons. The van der Waals surface area contributed by atoms with Crippen LogP contribution in [0.3, 0.4) is 0 Å². The van der Waals surface area contributed by atoms with Crippen molar-refractivity contribution in [3.05, 3.63) is 24.3 Å². The van der Waals surface area contributed by atoms with Gasteiger partial charge in [0.2, 0.25) is 5.91 Å². The van der Waals surface area contributed by atoms with Crippen LogP contribution in [0.4, 0.5) is 0 Å². The molecule has 0 aliphatic carbocycles. The zero-order valence-electron chi connectivity index (χ0n) is 44.0. The van der Waals surface area contributed by atoms with Crippen molar-refractivity contribution in [1.82, 2.24) is 5.32 Å². The Morgan fingerprint density at radius 3 is 1.43 bits per heavy atom. The van der Waals surface area contributed by atoms with Crippen molar-refractivity contribution >= 4 is 11.9 Å².